The number of pyridine rings is 1. The van der Waals surface area contributed by atoms with E-state index in [4.69, 9.17) is 19.6 Å². The Morgan fingerprint density at radius 3 is 2.26 bits per heavy atom. The number of hydrogen-bond donors (Lipinski definition) is 5. The Balaban J connectivity index is 0.000000617. The number of aromatic hydroxyl groups is 1. The molecule has 0 unspecified atom stereocenters. The SMILES string of the molecule is O=C(O)C(F)(F)F.Oc1ccc(CCNc2nc(NCCCOc3ccccc3-c3cccnc3)nc(N3CCNCC3)n2)cc1. The number of para-hydroxylation sites is 1. The van der Waals surface area contributed by atoms with E-state index in [2.05, 4.69) is 35.8 Å². The second-order valence-electron chi connectivity index (χ2n) is 10.0. The lowest BCUT2D eigenvalue weighted by Crippen LogP contribution is -2.44. The quantitative estimate of drug-likeness (QED) is 0.141. The molecule has 0 spiro atoms. The number of aromatic nitrogens is 4. The number of alkyl halides is 3. The van der Waals surface area contributed by atoms with Gasteiger partial charge in [0.05, 0.1) is 6.61 Å². The minimum Gasteiger partial charge on any atom is -0.508 e. The van der Waals surface area contributed by atoms with Crippen LogP contribution >= 0.6 is 0 Å². The van der Waals surface area contributed by atoms with Crippen LogP contribution < -0.4 is 25.6 Å². The second kappa shape index (κ2) is 16.8. The van der Waals surface area contributed by atoms with Gasteiger partial charge in [-0.05, 0) is 42.7 Å². The fourth-order valence-corrected chi connectivity index (χ4v) is 4.32. The van der Waals surface area contributed by atoms with E-state index in [1.165, 1.54) is 0 Å². The predicted octanol–water partition coefficient (Wildman–Crippen LogP) is 4.22. The molecule has 1 aliphatic rings. The zero-order chi connectivity index (χ0) is 32.8. The maximum absolute atomic E-state index is 10.6. The van der Waals surface area contributed by atoms with Crippen molar-refractivity contribution in [3.63, 3.8) is 0 Å². The van der Waals surface area contributed by atoms with Gasteiger partial charge in [0.25, 0.3) is 0 Å². The number of anilines is 3. The molecule has 1 fully saturated rings. The summed E-state index contributed by atoms with van der Waals surface area (Å²) in [6, 6.07) is 19.2. The van der Waals surface area contributed by atoms with Gasteiger partial charge in [-0.1, -0.05) is 36.4 Å². The van der Waals surface area contributed by atoms with Crippen molar-refractivity contribution < 1.29 is 32.9 Å². The number of nitrogens with one attached hydrogen (secondary N) is 3. The van der Waals surface area contributed by atoms with Crippen molar-refractivity contribution in [2.24, 2.45) is 0 Å². The number of carboxylic acid groups (broad SMARTS) is 1. The standard InChI is InChI=1S/C29H34N8O2.C2HF3O2/c38-24-10-8-22(9-11-24)12-15-33-28-34-27(35-29(36-28)37-18-16-30-17-19-37)32-14-4-20-39-26-7-2-1-6-25(26)23-5-3-13-31-21-23;3-2(4,5)1(6)7/h1-3,5-11,13,21,30,38H,4,12,14-20H2,(H2,32,33,34,35,36);(H,6,7). The third-order valence-electron chi connectivity index (χ3n) is 6.62. The first-order valence-electron chi connectivity index (χ1n) is 14.6. The molecule has 0 saturated carbocycles. The number of ether oxygens (including phenoxy) is 1. The van der Waals surface area contributed by atoms with Crippen LogP contribution in [0.4, 0.5) is 31.0 Å². The lowest BCUT2D eigenvalue weighted by Gasteiger charge is -2.27. The number of nitrogens with zero attached hydrogens (tertiary/aromatic N) is 5. The molecule has 15 heteroatoms. The van der Waals surface area contributed by atoms with Crippen molar-refractivity contribution in [1.29, 1.82) is 0 Å². The number of halogens is 3. The Morgan fingerprint density at radius 1 is 0.935 bits per heavy atom. The summed E-state index contributed by atoms with van der Waals surface area (Å²) in [6.07, 6.45) is 0.0933. The summed E-state index contributed by atoms with van der Waals surface area (Å²) in [4.78, 5) is 29.3. The van der Waals surface area contributed by atoms with E-state index >= 15 is 0 Å². The molecule has 0 aliphatic carbocycles. The molecule has 0 amide bonds. The average molecular weight is 641 g/mol. The van der Waals surface area contributed by atoms with Gasteiger partial charge in [-0.15, -0.1) is 0 Å². The highest BCUT2D eigenvalue weighted by Gasteiger charge is 2.38. The van der Waals surface area contributed by atoms with Gasteiger partial charge in [0.2, 0.25) is 17.8 Å². The minimum atomic E-state index is -5.08. The van der Waals surface area contributed by atoms with Crippen LogP contribution in [-0.4, -0.2) is 88.2 Å². The number of aliphatic carboxylic acids is 1. The van der Waals surface area contributed by atoms with E-state index in [1.807, 2.05) is 54.7 Å². The van der Waals surface area contributed by atoms with E-state index in [9.17, 15) is 18.3 Å². The molecule has 3 heterocycles. The number of phenols is 1. The number of carbonyl (C=O) groups is 1. The van der Waals surface area contributed by atoms with Crippen molar-refractivity contribution in [2.45, 2.75) is 19.0 Å². The number of piperazine rings is 1. The second-order valence-corrected chi connectivity index (χ2v) is 10.0. The molecule has 2 aromatic heterocycles. The fourth-order valence-electron chi connectivity index (χ4n) is 4.32. The molecule has 2 aromatic carbocycles. The molecule has 1 aliphatic heterocycles. The molecule has 1 saturated heterocycles. The Kier molecular flexibility index (Phi) is 12.3. The third-order valence-corrected chi connectivity index (χ3v) is 6.62. The van der Waals surface area contributed by atoms with Crippen LogP contribution in [0.2, 0.25) is 0 Å². The maximum atomic E-state index is 10.6. The smallest absolute Gasteiger partial charge is 0.490 e. The lowest BCUT2D eigenvalue weighted by atomic mass is 10.1. The maximum Gasteiger partial charge on any atom is 0.490 e. The molecular weight excluding hydrogens is 605 g/mol. The highest BCUT2D eigenvalue weighted by atomic mass is 19.4. The Bertz CT molecular complexity index is 1520. The predicted molar refractivity (Wildman–Crippen MR) is 167 cm³/mol. The van der Waals surface area contributed by atoms with E-state index in [0.29, 0.717) is 37.5 Å². The van der Waals surface area contributed by atoms with E-state index in [0.717, 1.165) is 61.5 Å². The lowest BCUT2D eigenvalue weighted by molar-refractivity contribution is -0.192. The summed E-state index contributed by atoms with van der Waals surface area (Å²) in [5.74, 6) is 0.105. The molecule has 4 aromatic rings. The zero-order valence-electron chi connectivity index (χ0n) is 24.9. The minimum absolute atomic E-state index is 0.267. The first kappa shape index (κ1) is 33.7. The van der Waals surface area contributed by atoms with Crippen LogP contribution in [-0.2, 0) is 11.2 Å². The van der Waals surface area contributed by atoms with Gasteiger partial charge in [0.15, 0.2) is 0 Å². The van der Waals surface area contributed by atoms with E-state index in [1.54, 1.807) is 18.3 Å². The topological polar surface area (TPSA) is 158 Å². The van der Waals surface area contributed by atoms with Crippen LogP contribution in [0.15, 0.2) is 73.1 Å². The summed E-state index contributed by atoms with van der Waals surface area (Å²) in [6.45, 7) is 5.37. The largest absolute Gasteiger partial charge is 0.508 e. The average Bonchev–Trinajstić information content (AvgIpc) is 3.06. The first-order chi connectivity index (χ1) is 22.2. The molecule has 0 atom stereocenters. The summed E-state index contributed by atoms with van der Waals surface area (Å²) in [7, 11) is 0. The van der Waals surface area contributed by atoms with Crippen LogP contribution in [0.5, 0.6) is 11.5 Å². The van der Waals surface area contributed by atoms with Crippen molar-refractivity contribution >= 4 is 23.8 Å². The molecular formula is C31H35F3N8O4. The van der Waals surface area contributed by atoms with Crippen LogP contribution in [0.3, 0.4) is 0 Å². The van der Waals surface area contributed by atoms with Gasteiger partial charge in [0.1, 0.15) is 11.5 Å². The summed E-state index contributed by atoms with van der Waals surface area (Å²) < 4.78 is 37.8. The summed E-state index contributed by atoms with van der Waals surface area (Å²) in [5.41, 5.74) is 3.18. The highest BCUT2D eigenvalue weighted by Crippen LogP contribution is 2.29. The zero-order valence-corrected chi connectivity index (χ0v) is 24.9. The summed E-state index contributed by atoms with van der Waals surface area (Å²) >= 11 is 0. The normalized spacial score (nSPS) is 12.9. The van der Waals surface area contributed by atoms with Crippen molar-refractivity contribution in [3.8, 4) is 22.6 Å². The van der Waals surface area contributed by atoms with Crippen LogP contribution in [0.1, 0.15) is 12.0 Å². The first-order valence-corrected chi connectivity index (χ1v) is 14.6. The van der Waals surface area contributed by atoms with Gasteiger partial charge in [-0.25, -0.2) is 4.79 Å². The van der Waals surface area contributed by atoms with E-state index in [-0.39, 0.29) is 5.75 Å². The van der Waals surface area contributed by atoms with Gasteiger partial charge >= 0.3 is 12.1 Å². The highest BCUT2D eigenvalue weighted by molar-refractivity contribution is 5.73. The Labute approximate surface area is 263 Å². The number of carboxylic acids is 1. The van der Waals surface area contributed by atoms with Crippen LogP contribution in [0, 0.1) is 0 Å². The number of hydrogen-bond acceptors (Lipinski definition) is 11. The Morgan fingerprint density at radius 2 is 1.61 bits per heavy atom. The van der Waals surface area contributed by atoms with Crippen LogP contribution in [0.25, 0.3) is 11.1 Å². The third kappa shape index (κ3) is 10.8. The van der Waals surface area contributed by atoms with Gasteiger partial charge in [-0.2, -0.15) is 28.1 Å². The molecule has 0 bridgehead atoms. The molecule has 5 N–H and O–H groups in total. The van der Waals surface area contributed by atoms with Crippen molar-refractivity contribution in [1.82, 2.24) is 25.3 Å². The molecule has 12 nitrogen and oxygen atoms in total. The molecule has 244 valence electrons. The fraction of sp³-hybridized carbons (Fsp3) is 0.323. The van der Waals surface area contributed by atoms with Gasteiger partial charge in [-0.3, -0.25) is 4.98 Å². The molecule has 46 heavy (non-hydrogen) atoms. The van der Waals surface area contributed by atoms with Crippen molar-refractivity contribution in [2.75, 3.05) is 61.4 Å². The molecule has 0 radical (unpaired) electrons. The number of rotatable bonds is 12. The van der Waals surface area contributed by atoms with Gasteiger partial charge in [0, 0.05) is 62.8 Å². The monoisotopic (exact) mass is 640 g/mol. The number of benzene rings is 2. The van der Waals surface area contributed by atoms with Crippen molar-refractivity contribution in [3.05, 3.63) is 78.6 Å². The molecule has 5 rings (SSSR count). The number of phenolic OH excluding ortho intramolecular Hbond substituents is 1. The Hall–Kier alpha value is -5.18. The van der Waals surface area contributed by atoms with Gasteiger partial charge < -0.3 is 35.8 Å². The van der Waals surface area contributed by atoms with E-state index < -0.39 is 12.1 Å². The summed E-state index contributed by atoms with van der Waals surface area (Å²) in [5, 5.41) is 26.7.